The van der Waals surface area contributed by atoms with Crippen LogP contribution in [-0.4, -0.2) is 29.8 Å². The summed E-state index contributed by atoms with van der Waals surface area (Å²) >= 11 is 0. The van der Waals surface area contributed by atoms with Crippen molar-refractivity contribution in [3.05, 3.63) is 66.0 Å². The second kappa shape index (κ2) is 7.25. The Morgan fingerprint density at radius 3 is 2.25 bits per heavy atom. The molecule has 0 aliphatic carbocycles. The number of hydrogen-bond acceptors (Lipinski definition) is 2. The number of nitrogens with zero attached hydrogens (tertiary/aromatic N) is 1. The summed E-state index contributed by atoms with van der Waals surface area (Å²) in [6.45, 7) is 0.917. The van der Waals surface area contributed by atoms with Crippen LogP contribution in [0.15, 0.2) is 54.6 Å². The predicted octanol–water partition coefficient (Wildman–Crippen LogP) is 3.32. The van der Waals surface area contributed by atoms with E-state index in [-0.39, 0.29) is 23.3 Å². The Bertz CT molecular complexity index is 725. The van der Waals surface area contributed by atoms with Gasteiger partial charge in [-0.15, -0.1) is 0 Å². The first kappa shape index (κ1) is 16.2. The zero-order valence-electron chi connectivity index (χ0n) is 13.2. The summed E-state index contributed by atoms with van der Waals surface area (Å²) in [6, 6.07) is 15.3. The molecule has 3 rings (SSSR count). The molecule has 0 radical (unpaired) electrons. The van der Waals surface area contributed by atoms with E-state index in [1.807, 2.05) is 30.3 Å². The smallest absolute Gasteiger partial charge is 0.256 e. The lowest BCUT2D eigenvalue weighted by molar-refractivity contribution is -0.121. The van der Waals surface area contributed by atoms with Crippen LogP contribution >= 0.6 is 0 Å². The van der Waals surface area contributed by atoms with Crippen molar-refractivity contribution in [1.29, 1.82) is 0 Å². The van der Waals surface area contributed by atoms with E-state index in [4.69, 9.17) is 0 Å². The highest BCUT2D eigenvalue weighted by Gasteiger charge is 2.28. The topological polar surface area (TPSA) is 49.4 Å². The zero-order valence-corrected chi connectivity index (χ0v) is 13.2. The molecule has 124 valence electrons. The minimum atomic E-state index is -0.508. The van der Waals surface area contributed by atoms with Crippen molar-refractivity contribution in [1.82, 2.24) is 4.90 Å². The highest BCUT2D eigenvalue weighted by atomic mass is 19.1. The maximum atomic E-state index is 13.7. The molecule has 2 aromatic carbocycles. The van der Waals surface area contributed by atoms with E-state index in [9.17, 15) is 14.0 Å². The van der Waals surface area contributed by atoms with Crippen LogP contribution in [0.1, 0.15) is 23.2 Å². The van der Waals surface area contributed by atoms with Gasteiger partial charge in [-0.05, 0) is 37.1 Å². The minimum absolute atomic E-state index is 0.0285. The number of amides is 2. The molecule has 1 saturated heterocycles. The highest BCUT2D eigenvalue weighted by molar-refractivity contribution is 5.95. The van der Waals surface area contributed by atoms with Gasteiger partial charge in [0.2, 0.25) is 5.91 Å². The highest BCUT2D eigenvalue weighted by Crippen LogP contribution is 2.21. The predicted molar refractivity (Wildman–Crippen MR) is 90.1 cm³/mol. The molecule has 1 N–H and O–H groups in total. The summed E-state index contributed by atoms with van der Waals surface area (Å²) in [7, 11) is 0. The third-order valence-electron chi connectivity index (χ3n) is 4.30. The minimum Gasteiger partial charge on any atom is -0.339 e. The van der Waals surface area contributed by atoms with Crippen LogP contribution in [-0.2, 0) is 4.79 Å². The number of piperidine rings is 1. The summed E-state index contributed by atoms with van der Waals surface area (Å²) in [4.78, 5) is 26.3. The Morgan fingerprint density at radius 1 is 0.958 bits per heavy atom. The van der Waals surface area contributed by atoms with E-state index in [1.165, 1.54) is 12.1 Å². The second-order valence-electron chi connectivity index (χ2n) is 5.90. The molecule has 1 heterocycles. The quantitative estimate of drug-likeness (QED) is 0.941. The first-order valence-corrected chi connectivity index (χ1v) is 8.05. The van der Waals surface area contributed by atoms with Gasteiger partial charge in [-0.1, -0.05) is 30.3 Å². The maximum Gasteiger partial charge on any atom is 0.256 e. The third-order valence-corrected chi connectivity index (χ3v) is 4.30. The molecule has 4 nitrogen and oxygen atoms in total. The van der Waals surface area contributed by atoms with Gasteiger partial charge in [-0.2, -0.15) is 0 Å². The van der Waals surface area contributed by atoms with Crippen LogP contribution in [0.4, 0.5) is 10.1 Å². The lowest BCUT2D eigenvalue weighted by Gasteiger charge is -2.31. The SMILES string of the molecule is O=C(Nc1ccccc1)C1CCN(C(=O)c2ccccc2F)CC1. The van der Waals surface area contributed by atoms with Gasteiger partial charge in [-0.25, -0.2) is 4.39 Å². The lowest BCUT2D eigenvalue weighted by Crippen LogP contribution is -2.41. The van der Waals surface area contributed by atoms with E-state index in [0.717, 1.165) is 5.69 Å². The van der Waals surface area contributed by atoms with Crippen molar-refractivity contribution in [2.45, 2.75) is 12.8 Å². The monoisotopic (exact) mass is 326 g/mol. The van der Waals surface area contributed by atoms with Gasteiger partial charge in [0.05, 0.1) is 5.56 Å². The standard InChI is InChI=1S/C19H19FN2O2/c20-17-9-5-4-8-16(17)19(24)22-12-10-14(11-13-22)18(23)21-15-6-2-1-3-7-15/h1-9,14H,10-13H2,(H,21,23). The van der Waals surface area contributed by atoms with E-state index < -0.39 is 5.82 Å². The van der Waals surface area contributed by atoms with Crippen molar-refractivity contribution in [3.8, 4) is 0 Å². The van der Waals surface area contributed by atoms with Crippen LogP contribution in [0.5, 0.6) is 0 Å². The zero-order chi connectivity index (χ0) is 16.9. The Hall–Kier alpha value is -2.69. The Kier molecular flexibility index (Phi) is 4.89. The van der Waals surface area contributed by atoms with Crippen LogP contribution in [0.3, 0.4) is 0 Å². The van der Waals surface area contributed by atoms with Gasteiger partial charge >= 0.3 is 0 Å². The molecule has 0 unspecified atom stereocenters. The number of likely N-dealkylation sites (tertiary alicyclic amines) is 1. The number of carbonyl (C=O) groups is 2. The summed E-state index contributed by atoms with van der Waals surface area (Å²) < 4.78 is 13.7. The number of anilines is 1. The van der Waals surface area contributed by atoms with Crippen molar-refractivity contribution in [2.75, 3.05) is 18.4 Å². The molecule has 0 atom stereocenters. The molecule has 1 aliphatic heterocycles. The lowest BCUT2D eigenvalue weighted by atomic mass is 9.95. The van der Waals surface area contributed by atoms with Gasteiger partial charge in [0.1, 0.15) is 5.82 Å². The molecule has 2 amide bonds. The number of para-hydroxylation sites is 1. The fourth-order valence-corrected chi connectivity index (χ4v) is 2.92. The van der Waals surface area contributed by atoms with Crippen molar-refractivity contribution in [2.24, 2.45) is 5.92 Å². The fourth-order valence-electron chi connectivity index (χ4n) is 2.92. The number of carbonyl (C=O) groups excluding carboxylic acids is 2. The number of benzene rings is 2. The first-order valence-electron chi connectivity index (χ1n) is 8.05. The molecule has 0 spiro atoms. The maximum absolute atomic E-state index is 13.7. The Balaban J connectivity index is 1.57. The van der Waals surface area contributed by atoms with E-state index in [1.54, 1.807) is 17.0 Å². The summed E-state index contributed by atoms with van der Waals surface area (Å²) in [6.07, 6.45) is 1.16. The summed E-state index contributed by atoms with van der Waals surface area (Å²) in [5, 5.41) is 2.89. The van der Waals surface area contributed by atoms with Crippen LogP contribution < -0.4 is 5.32 Å². The Morgan fingerprint density at radius 2 is 1.58 bits per heavy atom. The molecule has 0 saturated carbocycles. The number of rotatable bonds is 3. The first-order chi connectivity index (χ1) is 11.6. The Labute approximate surface area is 140 Å². The molecule has 1 aliphatic rings. The van der Waals surface area contributed by atoms with Crippen LogP contribution in [0.2, 0.25) is 0 Å². The van der Waals surface area contributed by atoms with Gasteiger partial charge in [0.25, 0.3) is 5.91 Å². The summed E-state index contributed by atoms with van der Waals surface area (Å²) in [5.41, 5.74) is 0.858. The second-order valence-corrected chi connectivity index (χ2v) is 5.90. The van der Waals surface area contributed by atoms with Crippen LogP contribution in [0.25, 0.3) is 0 Å². The third kappa shape index (κ3) is 3.62. The van der Waals surface area contributed by atoms with Crippen molar-refractivity contribution in [3.63, 3.8) is 0 Å². The van der Waals surface area contributed by atoms with E-state index >= 15 is 0 Å². The van der Waals surface area contributed by atoms with E-state index in [0.29, 0.717) is 25.9 Å². The summed E-state index contributed by atoms with van der Waals surface area (Å²) in [5.74, 6) is -0.976. The normalized spacial score (nSPS) is 15.1. The molecule has 5 heteroatoms. The molecule has 0 bridgehead atoms. The van der Waals surface area contributed by atoms with Gasteiger partial charge in [0.15, 0.2) is 0 Å². The molecule has 1 fully saturated rings. The number of hydrogen-bond donors (Lipinski definition) is 1. The van der Waals surface area contributed by atoms with E-state index in [2.05, 4.69) is 5.32 Å². The van der Waals surface area contributed by atoms with Crippen molar-refractivity contribution >= 4 is 17.5 Å². The average Bonchev–Trinajstić information content (AvgIpc) is 2.62. The van der Waals surface area contributed by atoms with Gasteiger partial charge in [0, 0.05) is 24.7 Å². The average molecular weight is 326 g/mol. The molecule has 0 aromatic heterocycles. The molecule has 24 heavy (non-hydrogen) atoms. The number of halogens is 1. The van der Waals surface area contributed by atoms with Gasteiger partial charge in [-0.3, -0.25) is 9.59 Å². The fraction of sp³-hybridized carbons (Fsp3) is 0.263. The van der Waals surface area contributed by atoms with Gasteiger partial charge < -0.3 is 10.2 Å². The number of nitrogens with one attached hydrogen (secondary N) is 1. The van der Waals surface area contributed by atoms with Crippen LogP contribution in [0, 0.1) is 11.7 Å². The van der Waals surface area contributed by atoms with Crippen molar-refractivity contribution < 1.29 is 14.0 Å². The molecular formula is C19H19FN2O2. The molecule has 2 aromatic rings. The molecular weight excluding hydrogens is 307 g/mol. The largest absolute Gasteiger partial charge is 0.339 e.